The molecule has 0 aliphatic carbocycles. The van der Waals surface area contributed by atoms with Gasteiger partial charge in [0, 0.05) is 30.9 Å². The van der Waals surface area contributed by atoms with Crippen molar-refractivity contribution >= 4 is 18.3 Å². The van der Waals surface area contributed by atoms with Crippen LogP contribution in [0.5, 0.6) is 0 Å². The Morgan fingerprint density at radius 2 is 1.71 bits per heavy atom. The van der Waals surface area contributed by atoms with Crippen molar-refractivity contribution in [3.8, 4) is 5.69 Å². The van der Waals surface area contributed by atoms with Gasteiger partial charge in [0.05, 0.1) is 17.9 Å². The van der Waals surface area contributed by atoms with Gasteiger partial charge in [-0.1, -0.05) is 6.07 Å². The van der Waals surface area contributed by atoms with Crippen LogP contribution >= 0.6 is 12.4 Å². The lowest BCUT2D eigenvalue weighted by molar-refractivity contribution is -0.0499. The number of H-pyrrole nitrogens is 1. The van der Waals surface area contributed by atoms with Gasteiger partial charge < -0.3 is 15.0 Å². The van der Waals surface area contributed by atoms with E-state index in [0.717, 1.165) is 44.3 Å². The molecule has 9 heteroatoms. The number of halogens is 1. The van der Waals surface area contributed by atoms with E-state index in [1.54, 1.807) is 12.1 Å². The number of likely N-dealkylation sites (tertiary alicyclic amines) is 1. The average molecular weight is 449 g/mol. The minimum absolute atomic E-state index is 0. The van der Waals surface area contributed by atoms with Crippen LogP contribution in [0.4, 0.5) is 0 Å². The monoisotopic (exact) mass is 448 g/mol. The van der Waals surface area contributed by atoms with Gasteiger partial charge in [-0.2, -0.15) is 0 Å². The molecule has 2 N–H and O–H groups in total. The summed E-state index contributed by atoms with van der Waals surface area (Å²) in [6.07, 6.45) is 5.76. The summed E-state index contributed by atoms with van der Waals surface area (Å²) in [5.41, 5.74) is 0.995. The number of aromatic nitrogens is 2. The number of hydrogen-bond acceptors (Lipinski definition) is 5. The topological polar surface area (TPSA) is 96.4 Å². The van der Waals surface area contributed by atoms with E-state index in [4.69, 9.17) is 4.74 Å². The first-order chi connectivity index (χ1) is 14.5. The molecule has 168 valence electrons. The molecule has 8 nitrogen and oxygen atoms in total. The van der Waals surface area contributed by atoms with Gasteiger partial charge in [-0.3, -0.25) is 19.1 Å². The molecule has 3 heterocycles. The van der Waals surface area contributed by atoms with E-state index in [-0.39, 0.29) is 24.4 Å². The lowest BCUT2D eigenvalue weighted by Gasteiger charge is -2.35. The number of nitrogens with zero attached hydrogens (tertiary/aromatic N) is 2. The first-order valence-electron chi connectivity index (χ1n) is 10.6. The van der Waals surface area contributed by atoms with E-state index in [1.165, 1.54) is 16.8 Å². The summed E-state index contributed by atoms with van der Waals surface area (Å²) in [7, 11) is 0. The molecule has 1 aromatic carbocycles. The SMILES string of the molecule is Cc1ccc(C(=O)N2CCC(OC3CCNCC3)CC2)cc1-n1ccc(=O)[nH]c1=O.Cl. The standard InChI is InChI=1S/C22H28N4O4.ClH/c1-15-2-3-16(14-19(15)26-13-8-20(27)24-22(26)29)21(28)25-11-6-18(7-12-25)30-17-4-9-23-10-5-17;/h2-3,8,13-14,17-18,23H,4-7,9-12H2,1H3,(H,24,27,29);1H. The molecule has 0 spiro atoms. The van der Waals surface area contributed by atoms with Crippen molar-refractivity contribution < 1.29 is 9.53 Å². The highest BCUT2D eigenvalue weighted by Crippen LogP contribution is 2.22. The Hall–Kier alpha value is -2.42. The van der Waals surface area contributed by atoms with E-state index in [2.05, 4.69) is 10.3 Å². The third-order valence-corrected chi connectivity index (χ3v) is 5.94. The van der Waals surface area contributed by atoms with Gasteiger partial charge in [-0.15, -0.1) is 12.4 Å². The first kappa shape index (κ1) is 23.2. The van der Waals surface area contributed by atoms with Crippen LogP contribution in [0.1, 0.15) is 41.6 Å². The van der Waals surface area contributed by atoms with Gasteiger partial charge in [0.25, 0.3) is 11.5 Å². The fourth-order valence-corrected chi connectivity index (χ4v) is 4.19. The zero-order valence-electron chi connectivity index (χ0n) is 17.6. The second-order valence-electron chi connectivity index (χ2n) is 8.06. The van der Waals surface area contributed by atoms with Gasteiger partial charge in [-0.05, 0) is 63.4 Å². The lowest BCUT2D eigenvalue weighted by atomic mass is 10.0. The Labute approximate surface area is 187 Å². The van der Waals surface area contributed by atoms with Crippen LogP contribution in [-0.4, -0.2) is 58.7 Å². The smallest absolute Gasteiger partial charge is 0.332 e. The quantitative estimate of drug-likeness (QED) is 0.741. The number of aryl methyl sites for hydroxylation is 1. The van der Waals surface area contributed by atoms with Crippen molar-refractivity contribution in [2.75, 3.05) is 26.2 Å². The molecule has 4 rings (SSSR count). The molecule has 0 bridgehead atoms. The zero-order chi connectivity index (χ0) is 21.1. The number of amides is 1. The maximum Gasteiger partial charge on any atom is 0.332 e. The molecule has 2 aliphatic heterocycles. The molecule has 0 atom stereocenters. The lowest BCUT2D eigenvalue weighted by Crippen LogP contribution is -2.43. The number of aromatic amines is 1. The number of rotatable bonds is 4. The second kappa shape index (κ2) is 10.3. The Bertz CT molecular complexity index is 1020. The zero-order valence-corrected chi connectivity index (χ0v) is 18.5. The third kappa shape index (κ3) is 5.44. The van der Waals surface area contributed by atoms with Crippen molar-refractivity contribution in [1.29, 1.82) is 0 Å². The van der Waals surface area contributed by atoms with Crippen LogP contribution in [0.25, 0.3) is 5.69 Å². The summed E-state index contributed by atoms with van der Waals surface area (Å²) in [5, 5.41) is 3.35. The van der Waals surface area contributed by atoms with Crippen LogP contribution in [0, 0.1) is 6.92 Å². The molecular formula is C22H29ClN4O4. The van der Waals surface area contributed by atoms with E-state index in [0.29, 0.717) is 30.4 Å². The molecule has 2 saturated heterocycles. The summed E-state index contributed by atoms with van der Waals surface area (Å²) in [6, 6.07) is 6.63. The minimum atomic E-state index is -0.522. The second-order valence-corrected chi connectivity index (χ2v) is 8.06. The van der Waals surface area contributed by atoms with Crippen molar-refractivity contribution in [3.63, 3.8) is 0 Å². The first-order valence-corrected chi connectivity index (χ1v) is 10.6. The summed E-state index contributed by atoms with van der Waals surface area (Å²) < 4.78 is 7.59. The van der Waals surface area contributed by atoms with Gasteiger partial charge in [0.15, 0.2) is 0 Å². The number of carbonyl (C=O) groups excluding carboxylic acids is 1. The van der Waals surface area contributed by atoms with E-state index in [9.17, 15) is 14.4 Å². The predicted octanol–water partition coefficient (Wildman–Crippen LogP) is 1.63. The Morgan fingerprint density at radius 1 is 1.03 bits per heavy atom. The van der Waals surface area contributed by atoms with E-state index >= 15 is 0 Å². The molecule has 1 amide bonds. The summed E-state index contributed by atoms with van der Waals surface area (Å²) in [5.74, 6) is -0.0472. The van der Waals surface area contributed by atoms with Gasteiger partial charge in [0.2, 0.25) is 0 Å². The molecule has 0 unspecified atom stereocenters. The third-order valence-electron chi connectivity index (χ3n) is 5.94. The van der Waals surface area contributed by atoms with Crippen molar-refractivity contribution in [2.24, 2.45) is 0 Å². The highest BCUT2D eigenvalue weighted by molar-refractivity contribution is 5.95. The molecule has 31 heavy (non-hydrogen) atoms. The molecule has 2 fully saturated rings. The van der Waals surface area contributed by atoms with Crippen molar-refractivity contribution in [1.82, 2.24) is 19.8 Å². The Balaban J connectivity index is 0.00000272. The fraction of sp³-hybridized carbons (Fsp3) is 0.500. The normalized spacial score (nSPS) is 17.9. The molecule has 1 aromatic heterocycles. The Morgan fingerprint density at radius 3 is 2.39 bits per heavy atom. The largest absolute Gasteiger partial charge is 0.375 e. The molecule has 0 saturated carbocycles. The molecule has 2 aliphatic rings. The summed E-state index contributed by atoms with van der Waals surface area (Å²) in [6.45, 7) is 5.21. The highest BCUT2D eigenvalue weighted by atomic mass is 35.5. The number of carbonyl (C=O) groups is 1. The number of piperidine rings is 2. The maximum absolute atomic E-state index is 13.1. The van der Waals surface area contributed by atoms with Crippen LogP contribution < -0.4 is 16.6 Å². The van der Waals surface area contributed by atoms with E-state index in [1.807, 2.05) is 17.9 Å². The summed E-state index contributed by atoms with van der Waals surface area (Å²) >= 11 is 0. The van der Waals surface area contributed by atoms with Crippen molar-refractivity contribution in [3.05, 3.63) is 62.4 Å². The maximum atomic E-state index is 13.1. The van der Waals surface area contributed by atoms with Gasteiger partial charge in [-0.25, -0.2) is 4.79 Å². The van der Waals surface area contributed by atoms with Gasteiger partial charge >= 0.3 is 5.69 Å². The number of ether oxygens (including phenoxy) is 1. The van der Waals surface area contributed by atoms with E-state index < -0.39 is 11.2 Å². The predicted molar refractivity (Wildman–Crippen MR) is 121 cm³/mol. The van der Waals surface area contributed by atoms with Crippen LogP contribution in [0.2, 0.25) is 0 Å². The minimum Gasteiger partial charge on any atom is -0.375 e. The molecule has 0 radical (unpaired) electrons. The van der Waals surface area contributed by atoms with Crippen LogP contribution in [0.3, 0.4) is 0 Å². The van der Waals surface area contributed by atoms with Crippen molar-refractivity contribution in [2.45, 2.75) is 44.8 Å². The van der Waals surface area contributed by atoms with Crippen LogP contribution in [-0.2, 0) is 4.74 Å². The van der Waals surface area contributed by atoms with Gasteiger partial charge in [0.1, 0.15) is 0 Å². The Kier molecular flexibility index (Phi) is 7.69. The van der Waals surface area contributed by atoms with Crippen LogP contribution in [0.15, 0.2) is 40.1 Å². The molecule has 2 aromatic rings. The highest BCUT2D eigenvalue weighted by Gasteiger charge is 2.27. The number of hydrogen-bond donors (Lipinski definition) is 2. The number of benzene rings is 1. The summed E-state index contributed by atoms with van der Waals surface area (Å²) in [4.78, 5) is 40.7. The fourth-order valence-electron chi connectivity index (χ4n) is 4.19. The number of nitrogens with one attached hydrogen (secondary N) is 2. The molecular weight excluding hydrogens is 420 g/mol. The average Bonchev–Trinajstić information content (AvgIpc) is 2.75.